The second-order valence-electron chi connectivity index (χ2n) is 2.18. The first kappa shape index (κ1) is 12.8. The molecule has 0 radical (unpaired) electrons. The maximum Gasteiger partial charge on any atom is 0.401 e. The van der Waals surface area contributed by atoms with Crippen molar-refractivity contribution in [3.63, 3.8) is 0 Å². The lowest BCUT2D eigenvalue weighted by Crippen LogP contribution is -2.29. The summed E-state index contributed by atoms with van der Waals surface area (Å²) in [5, 5.41) is 2.11. The fourth-order valence-corrected chi connectivity index (χ4v) is 0.818. The van der Waals surface area contributed by atoms with Crippen molar-refractivity contribution in [2.24, 2.45) is 0 Å². The van der Waals surface area contributed by atoms with Crippen LogP contribution < -0.4 is 5.32 Å². The highest BCUT2D eigenvalue weighted by Crippen LogP contribution is 2.11. The molecule has 0 aromatic carbocycles. The van der Waals surface area contributed by atoms with Crippen LogP contribution in [0.2, 0.25) is 0 Å². The summed E-state index contributed by atoms with van der Waals surface area (Å²) in [6.07, 6.45) is -3.97. The SMILES string of the molecule is O=S(O)OCCCNCC(F)(F)F. The zero-order valence-corrected chi connectivity index (χ0v) is 7.45. The van der Waals surface area contributed by atoms with E-state index in [0.717, 1.165) is 0 Å². The number of hydrogen-bond acceptors (Lipinski definition) is 3. The van der Waals surface area contributed by atoms with Crippen molar-refractivity contribution >= 4 is 11.4 Å². The van der Waals surface area contributed by atoms with E-state index in [4.69, 9.17) is 4.55 Å². The summed E-state index contributed by atoms with van der Waals surface area (Å²) in [6.45, 7) is -1.01. The zero-order valence-electron chi connectivity index (χ0n) is 6.63. The average Bonchev–Trinajstić information content (AvgIpc) is 1.93. The quantitative estimate of drug-likeness (QED) is 0.511. The van der Waals surface area contributed by atoms with E-state index in [0.29, 0.717) is 0 Å². The van der Waals surface area contributed by atoms with Crippen LogP contribution in [0.3, 0.4) is 0 Å². The van der Waals surface area contributed by atoms with Crippen LogP contribution in [0.1, 0.15) is 6.42 Å². The van der Waals surface area contributed by atoms with E-state index in [2.05, 4.69) is 9.50 Å². The molecule has 0 aliphatic rings. The van der Waals surface area contributed by atoms with Crippen LogP contribution in [-0.4, -0.2) is 34.6 Å². The number of nitrogens with one attached hydrogen (secondary N) is 1. The van der Waals surface area contributed by atoms with Gasteiger partial charge < -0.3 is 5.32 Å². The molecule has 0 aromatic rings. The number of halogens is 3. The minimum Gasteiger partial charge on any atom is -0.309 e. The predicted octanol–water partition coefficient (Wildman–Crippen LogP) is 0.682. The summed E-state index contributed by atoms with van der Waals surface area (Å²) in [4.78, 5) is 0. The highest BCUT2D eigenvalue weighted by atomic mass is 32.2. The Morgan fingerprint density at radius 2 is 2.08 bits per heavy atom. The van der Waals surface area contributed by atoms with E-state index in [1.807, 2.05) is 0 Å². The predicted molar refractivity (Wildman–Crippen MR) is 40.3 cm³/mol. The van der Waals surface area contributed by atoms with Gasteiger partial charge in [0, 0.05) is 0 Å². The maximum absolute atomic E-state index is 11.5. The lowest BCUT2D eigenvalue weighted by molar-refractivity contribution is -0.124. The fraction of sp³-hybridized carbons (Fsp3) is 1.00. The third kappa shape index (κ3) is 11.8. The van der Waals surface area contributed by atoms with E-state index < -0.39 is 24.1 Å². The Morgan fingerprint density at radius 1 is 1.46 bits per heavy atom. The molecular weight excluding hydrogens is 211 g/mol. The molecule has 80 valence electrons. The molecule has 0 spiro atoms. The minimum atomic E-state index is -4.22. The Balaban J connectivity index is 3.13. The molecule has 1 atom stereocenters. The Kier molecular flexibility index (Phi) is 6.21. The van der Waals surface area contributed by atoms with Crippen LogP contribution in [0.5, 0.6) is 0 Å². The molecule has 4 nitrogen and oxygen atoms in total. The molecule has 0 fully saturated rings. The minimum absolute atomic E-state index is 0.0477. The highest BCUT2D eigenvalue weighted by Gasteiger charge is 2.25. The van der Waals surface area contributed by atoms with Gasteiger partial charge in [0.15, 0.2) is 0 Å². The molecule has 0 amide bonds. The van der Waals surface area contributed by atoms with Crippen molar-refractivity contribution in [1.82, 2.24) is 5.32 Å². The molecule has 1 unspecified atom stereocenters. The topological polar surface area (TPSA) is 58.6 Å². The molecule has 8 heteroatoms. The van der Waals surface area contributed by atoms with Crippen molar-refractivity contribution in [3.05, 3.63) is 0 Å². The van der Waals surface area contributed by atoms with Crippen molar-refractivity contribution in [1.29, 1.82) is 0 Å². The third-order valence-electron chi connectivity index (χ3n) is 1.01. The van der Waals surface area contributed by atoms with Gasteiger partial charge in [-0.3, -0.25) is 8.74 Å². The summed E-state index contributed by atoms with van der Waals surface area (Å²) < 4.78 is 56.7. The Morgan fingerprint density at radius 3 is 2.54 bits per heavy atom. The number of hydrogen-bond donors (Lipinski definition) is 2. The molecule has 0 aromatic heterocycles. The monoisotopic (exact) mass is 221 g/mol. The molecule has 0 saturated heterocycles. The average molecular weight is 221 g/mol. The smallest absolute Gasteiger partial charge is 0.309 e. The lowest BCUT2D eigenvalue weighted by atomic mass is 10.4. The molecule has 0 aliphatic heterocycles. The van der Waals surface area contributed by atoms with Gasteiger partial charge in [-0.15, -0.1) is 0 Å². The molecule has 0 aliphatic carbocycles. The lowest BCUT2D eigenvalue weighted by Gasteiger charge is -2.07. The first-order chi connectivity index (χ1) is 5.92. The van der Waals surface area contributed by atoms with Crippen LogP contribution in [0.25, 0.3) is 0 Å². The van der Waals surface area contributed by atoms with Gasteiger partial charge in [0.2, 0.25) is 0 Å². The molecule has 0 bridgehead atoms. The van der Waals surface area contributed by atoms with E-state index in [-0.39, 0.29) is 19.6 Å². The Bertz CT molecular complexity index is 164. The molecule has 0 saturated carbocycles. The third-order valence-corrected chi connectivity index (χ3v) is 1.38. The van der Waals surface area contributed by atoms with Crippen LogP contribution >= 0.6 is 0 Å². The second kappa shape index (κ2) is 6.30. The van der Waals surface area contributed by atoms with Crippen molar-refractivity contribution in [2.45, 2.75) is 12.6 Å². The van der Waals surface area contributed by atoms with Gasteiger partial charge in [0.25, 0.3) is 0 Å². The van der Waals surface area contributed by atoms with Gasteiger partial charge in [-0.1, -0.05) is 0 Å². The van der Waals surface area contributed by atoms with E-state index in [1.165, 1.54) is 0 Å². The first-order valence-electron chi connectivity index (χ1n) is 3.43. The maximum atomic E-state index is 11.5. The van der Waals surface area contributed by atoms with Crippen LogP contribution in [0.15, 0.2) is 0 Å². The van der Waals surface area contributed by atoms with Gasteiger partial charge in [-0.25, -0.2) is 0 Å². The number of alkyl halides is 3. The van der Waals surface area contributed by atoms with E-state index in [9.17, 15) is 17.4 Å². The molecule has 0 heterocycles. The summed E-state index contributed by atoms with van der Waals surface area (Å²) in [6, 6.07) is 0. The fourth-order valence-electron chi connectivity index (χ4n) is 0.558. The van der Waals surface area contributed by atoms with Gasteiger partial charge in [-0.2, -0.15) is 17.4 Å². The Labute approximate surface area is 75.9 Å². The van der Waals surface area contributed by atoms with Gasteiger partial charge in [0.05, 0.1) is 13.2 Å². The van der Waals surface area contributed by atoms with Crippen molar-refractivity contribution < 1.29 is 26.1 Å². The van der Waals surface area contributed by atoms with E-state index >= 15 is 0 Å². The Hall–Kier alpha value is -0.180. The standard InChI is InChI=1S/C5H10F3NO3S/c6-5(7,8)4-9-2-1-3-12-13(10)11/h9H,1-4H2,(H,10,11). The van der Waals surface area contributed by atoms with Crippen LogP contribution in [-0.2, 0) is 15.5 Å². The van der Waals surface area contributed by atoms with Gasteiger partial charge >= 0.3 is 17.5 Å². The van der Waals surface area contributed by atoms with Gasteiger partial charge in [-0.05, 0) is 13.0 Å². The molecule has 2 N–H and O–H groups in total. The summed E-state index contributed by atoms with van der Waals surface area (Å²) in [7, 11) is 0. The zero-order chi connectivity index (χ0) is 10.3. The summed E-state index contributed by atoms with van der Waals surface area (Å²) >= 11 is -2.34. The second-order valence-corrected chi connectivity index (χ2v) is 2.85. The molecular formula is C5H10F3NO3S. The van der Waals surface area contributed by atoms with Crippen molar-refractivity contribution in [3.8, 4) is 0 Å². The summed E-state index contributed by atoms with van der Waals surface area (Å²) in [5.74, 6) is 0. The highest BCUT2D eigenvalue weighted by molar-refractivity contribution is 7.74. The van der Waals surface area contributed by atoms with Crippen LogP contribution in [0.4, 0.5) is 13.2 Å². The first-order valence-corrected chi connectivity index (χ1v) is 4.46. The van der Waals surface area contributed by atoms with E-state index in [1.54, 1.807) is 0 Å². The van der Waals surface area contributed by atoms with Crippen LogP contribution in [0, 0.1) is 0 Å². The largest absolute Gasteiger partial charge is 0.401 e. The van der Waals surface area contributed by atoms with Crippen molar-refractivity contribution in [2.75, 3.05) is 19.7 Å². The molecule has 0 rings (SSSR count). The summed E-state index contributed by atoms with van der Waals surface area (Å²) in [5.41, 5.74) is 0. The van der Waals surface area contributed by atoms with Gasteiger partial charge in [0.1, 0.15) is 0 Å². The number of rotatable bonds is 6. The normalized spacial score (nSPS) is 14.5. The molecule has 13 heavy (non-hydrogen) atoms.